The van der Waals surface area contributed by atoms with Gasteiger partial charge in [-0.1, -0.05) is 17.8 Å². The van der Waals surface area contributed by atoms with E-state index in [9.17, 15) is 0 Å². The van der Waals surface area contributed by atoms with Gasteiger partial charge in [-0.05, 0) is 25.9 Å². The molecule has 6 nitrogen and oxygen atoms in total. The molecule has 0 aromatic carbocycles. The number of allylic oxidation sites excluding steroid dienone is 1. The molecule has 3 heterocycles. The molecule has 10 heteroatoms. The molecule has 0 saturated carbocycles. The van der Waals surface area contributed by atoms with Gasteiger partial charge in [-0.25, -0.2) is 4.98 Å². The summed E-state index contributed by atoms with van der Waals surface area (Å²) in [6.45, 7) is 6.75. The molecule has 2 aromatic rings. The van der Waals surface area contributed by atoms with Crippen LogP contribution in [0.25, 0.3) is 0 Å². The average molecular weight is 423 g/mol. The van der Waals surface area contributed by atoms with Crippen molar-refractivity contribution in [2.45, 2.75) is 36.2 Å². The Labute approximate surface area is 169 Å². The summed E-state index contributed by atoms with van der Waals surface area (Å²) in [5.74, 6) is 2.40. The van der Waals surface area contributed by atoms with Gasteiger partial charge >= 0.3 is 0 Å². The first kappa shape index (κ1) is 22.2. The smallest absolute Gasteiger partial charge is 0.191 e. The third kappa shape index (κ3) is 5.59. The molecule has 2 N–H and O–H groups in total. The Hall–Kier alpha value is -0.800. The summed E-state index contributed by atoms with van der Waals surface area (Å²) >= 11 is 3.32. The topological polar surface area (TPSA) is 67.7 Å². The monoisotopic (exact) mass is 422 g/mol. The van der Waals surface area contributed by atoms with E-state index < -0.39 is 0 Å². The molecule has 3 rings (SSSR count). The zero-order valence-corrected chi connectivity index (χ0v) is 17.4. The molecule has 1 aliphatic rings. The predicted octanol–water partition coefficient (Wildman–Crippen LogP) is 3.57. The summed E-state index contributed by atoms with van der Waals surface area (Å²) in [6.07, 6.45) is 4.16. The normalized spacial score (nSPS) is 14.4. The number of anilines is 1. The predicted molar refractivity (Wildman–Crippen MR) is 111 cm³/mol. The van der Waals surface area contributed by atoms with Crippen LogP contribution < -0.4 is 10.6 Å². The van der Waals surface area contributed by atoms with Crippen molar-refractivity contribution in [1.82, 2.24) is 25.1 Å². The number of thioether (sulfide) groups is 1. The first-order chi connectivity index (χ1) is 11.3. The Morgan fingerprint density at radius 1 is 1.40 bits per heavy atom. The number of aromatic nitrogens is 4. The molecule has 2 aromatic heterocycles. The molecule has 0 unspecified atom stereocenters. The molecule has 0 atom stereocenters. The van der Waals surface area contributed by atoms with Crippen molar-refractivity contribution in [1.29, 1.82) is 0 Å². The minimum atomic E-state index is 0. The van der Waals surface area contributed by atoms with E-state index in [1.165, 1.54) is 0 Å². The number of hydrogen-bond acceptors (Lipinski definition) is 7. The molecule has 1 saturated heterocycles. The van der Waals surface area contributed by atoms with Crippen molar-refractivity contribution in [2.75, 3.05) is 25.5 Å². The van der Waals surface area contributed by atoms with Gasteiger partial charge in [-0.15, -0.1) is 52.9 Å². The van der Waals surface area contributed by atoms with Crippen molar-refractivity contribution in [3.63, 3.8) is 0 Å². The van der Waals surface area contributed by atoms with Crippen molar-refractivity contribution >= 4 is 53.0 Å². The molecule has 0 radical (unpaired) electrons. The molecule has 1 aliphatic heterocycles. The summed E-state index contributed by atoms with van der Waals surface area (Å²) in [4.78, 5) is 4.52. The first-order valence-corrected chi connectivity index (χ1v) is 9.68. The van der Waals surface area contributed by atoms with Crippen LogP contribution in [-0.2, 0) is 12.3 Å². The molecule has 0 bridgehead atoms. The number of hydrogen-bond donors (Lipinski definition) is 2. The number of piperidine rings is 1. The zero-order valence-electron chi connectivity index (χ0n) is 14.1. The maximum Gasteiger partial charge on any atom is 0.191 e. The molecule has 0 amide bonds. The van der Waals surface area contributed by atoms with Crippen LogP contribution in [0.15, 0.2) is 23.2 Å². The van der Waals surface area contributed by atoms with E-state index in [0.29, 0.717) is 5.92 Å². The second-order valence-electron chi connectivity index (χ2n) is 5.45. The molecule has 0 spiro atoms. The van der Waals surface area contributed by atoms with Gasteiger partial charge in [0.2, 0.25) is 0 Å². The van der Waals surface area contributed by atoms with Gasteiger partial charge < -0.3 is 15.2 Å². The lowest BCUT2D eigenvalue weighted by Crippen LogP contribution is -2.28. The highest BCUT2D eigenvalue weighted by atomic mass is 35.5. The van der Waals surface area contributed by atoms with Gasteiger partial charge in [0, 0.05) is 30.6 Å². The summed E-state index contributed by atoms with van der Waals surface area (Å²) in [5.41, 5.74) is 1.07. The van der Waals surface area contributed by atoms with Crippen LogP contribution in [0.4, 0.5) is 5.13 Å². The summed E-state index contributed by atoms with van der Waals surface area (Å²) in [6, 6.07) is 0. The van der Waals surface area contributed by atoms with Gasteiger partial charge in [0.25, 0.3) is 0 Å². The minimum Gasteiger partial charge on any atom is -0.365 e. The van der Waals surface area contributed by atoms with Crippen LogP contribution in [0, 0.1) is 0 Å². The van der Waals surface area contributed by atoms with E-state index in [-0.39, 0.29) is 24.8 Å². The van der Waals surface area contributed by atoms with Crippen molar-refractivity contribution in [3.05, 3.63) is 29.6 Å². The van der Waals surface area contributed by atoms with E-state index in [1.807, 2.05) is 13.1 Å². The van der Waals surface area contributed by atoms with Crippen molar-refractivity contribution in [2.24, 2.45) is 0 Å². The van der Waals surface area contributed by atoms with Gasteiger partial charge in [0.05, 0.1) is 5.69 Å². The number of thiazole rings is 1. The van der Waals surface area contributed by atoms with Crippen LogP contribution in [0.3, 0.4) is 0 Å². The van der Waals surface area contributed by atoms with Crippen LogP contribution in [-0.4, -0.2) is 39.9 Å². The Morgan fingerprint density at radius 3 is 2.80 bits per heavy atom. The van der Waals surface area contributed by atoms with Gasteiger partial charge in [0.1, 0.15) is 5.82 Å². The van der Waals surface area contributed by atoms with E-state index in [1.54, 1.807) is 23.1 Å². The summed E-state index contributed by atoms with van der Waals surface area (Å²) < 4.78 is 2.21. The maximum atomic E-state index is 4.52. The first-order valence-electron chi connectivity index (χ1n) is 7.81. The van der Waals surface area contributed by atoms with Gasteiger partial charge in [-0.3, -0.25) is 0 Å². The van der Waals surface area contributed by atoms with Crippen LogP contribution in [0.1, 0.15) is 30.3 Å². The standard InChI is InChI=1S/C15H22N6S2.2ClH/c1-3-8-21-13(11-4-6-17-7-5-11)19-20-15(21)23-10-12-9-22-14(16-2)18-12;;/h3,9,11,17H,1,4-8,10H2,2H3,(H,16,18);2*1H. The Bertz CT molecular complexity index is 654. The maximum absolute atomic E-state index is 4.52. The molecule has 25 heavy (non-hydrogen) atoms. The van der Waals surface area contributed by atoms with Gasteiger partial charge in [0.15, 0.2) is 10.3 Å². The second kappa shape index (κ2) is 11.0. The Balaban J connectivity index is 0.00000156. The highest BCUT2D eigenvalue weighted by Gasteiger charge is 2.23. The Morgan fingerprint density at radius 2 is 2.16 bits per heavy atom. The van der Waals surface area contributed by atoms with E-state index in [4.69, 9.17) is 0 Å². The highest BCUT2D eigenvalue weighted by molar-refractivity contribution is 7.98. The number of nitrogens with zero attached hydrogens (tertiary/aromatic N) is 4. The molecular weight excluding hydrogens is 399 g/mol. The van der Waals surface area contributed by atoms with Gasteiger partial charge in [-0.2, -0.15) is 0 Å². The average Bonchev–Trinajstić information content (AvgIpc) is 3.21. The second-order valence-corrected chi connectivity index (χ2v) is 7.25. The fraction of sp³-hybridized carbons (Fsp3) is 0.533. The number of halogens is 2. The molecule has 140 valence electrons. The van der Waals surface area contributed by atoms with Crippen LogP contribution in [0.5, 0.6) is 0 Å². The number of rotatable bonds is 7. The largest absolute Gasteiger partial charge is 0.365 e. The quantitative estimate of drug-likeness (QED) is 0.524. The molecule has 0 aliphatic carbocycles. The van der Waals surface area contributed by atoms with Crippen LogP contribution >= 0.6 is 47.9 Å². The number of nitrogens with one attached hydrogen (secondary N) is 2. The lowest BCUT2D eigenvalue weighted by molar-refractivity contribution is 0.431. The van der Waals surface area contributed by atoms with E-state index >= 15 is 0 Å². The third-order valence-electron chi connectivity index (χ3n) is 3.88. The molecular formula is C15H24Cl2N6S2. The van der Waals surface area contributed by atoms with E-state index in [2.05, 4.69) is 42.3 Å². The Kier molecular flexibility index (Phi) is 9.81. The highest BCUT2D eigenvalue weighted by Crippen LogP contribution is 2.29. The molecule has 1 fully saturated rings. The summed E-state index contributed by atoms with van der Waals surface area (Å²) in [7, 11) is 1.89. The minimum absolute atomic E-state index is 0. The van der Waals surface area contributed by atoms with E-state index in [0.717, 1.165) is 60.0 Å². The lowest BCUT2D eigenvalue weighted by Gasteiger charge is -2.22. The SMILES string of the molecule is C=CCn1c(SCc2csc(NC)n2)nnc1C1CCNCC1.Cl.Cl. The van der Waals surface area contributed by atoms with Crippen molar-refractivity contribution in [3.8, 4) is 0 Å². The van der Waals surface area contributed by atoms with Crippen LogP contribution in [0.2, 0.25) is 0 Å². The third-order valence-corrected chi connectivity index (χ3v) is 5.79. The fourth-order valence-electron chi connectivity index (χ4n) is 2.72. The fourth-order valence-corrected chi connectivity index (χ4v) is 4.34. The van der Waals surface area contributed by atoms with Crippen molar-refractivity contribution < 1.29 is 0 Å². The lowest BCUT2D eigenvalue weighted by atomic mass is 9.97. The zero-order chi connectivity index (χ0) is 16.1. The summed E-state index contributed by atoms with van der Waals surface area (Å²) in [5, 5.41) is 19.4.